The molecule has 31 heavy (non-hydrogen) atoms. The second-order valence-electron chi connectivity index (χ2n) is 7.80. The molecule has 1 heterocycles. The molecule has 2 unspecified atom stereocenters. The van der Waals surface area contributed by atoms with Crippen molar-refractivity contribution in [1.82, 2.24) is 10.2 Å². The topological polar surface area (TPSA) is 67.9 Å². The van der Waals surface area contributed by atoms with Gasteiger partial charge in [-0.3, -0.25) is 9.59 Å². The third kappa shape index (κ3) is 6.44. The molecule has 0 aliphatic carbocycles. The lowest BCUT2D eigenvalue weighted by Gasteiger charge is -2.38. The Kier molecular flexibility index (Phi) is 7.87. The number of carbonyl (C=O) groups excluding carboxylic acids is 2. The quantitative estimate of drug-likeness (QED) is 0.650. The molecular weight excluding hydrogens is 399 g/mol. The molecule has 3 rings (SSSR count). The predicted octanol–water partition coefficient (Wildman–Crippen LogP) is 3.80. The lowest BCUT2D eigenvalue weighted by atomic mass is 9.97. The highest BCUT2D eigenvalue weighted by atomic mass is 19.1. The zero-order chi connectivity index (χ0) is 22.2. The average molecular weight is 429 g/mol. The molecule has 2 aromatic carbocycles. The molecule has 6 nitrogen and oxygen atoms in total. The maximum atomic E-state index is 12.9. The Morgan fingerprint density at radius 3 is 2.19 bits per heavy atom. The molecule has 0 saturated carbocycles. The Hall–Kier alpha value is -3.09. The summed E-state index contributed by atoms with van der Waals surface area (Å²) in [5, 5.41) is 2.76. The fourth-order valence-electron chi connectivity index (χ4n) is 3.80. The number of halogens is 1. The van der Waals surface area contributed by atoms with Crippen molar-refractivity contribution in [3.05, 3.63) is 59.9 Å². The number of nitrogens with one attached hydrogen (secondary N) is 1. The molecule has 0 aromatic heterocycles. The summed E-state index contributed by atoms with van der Waals surface area (Å²) < 4.78 is 23.9. The first-order valence-electron chi connectivity index (χ1n) is 10.6. The first-order chi connectivity index (χ1) is 14.9. The highest BCUT2D eigenvalue weighted by Crippen LogP contribution is 2.23. The largest absolute Gasteiger partial charge is 0.492 e. The Bertz CT molecular complexity index is 860. The van der Waals surface area contributed by atoms with Crippen LogP contribution in [0.2, 0.25) is 0 Å². The molecule has 1 aliphatic rings. The number of piperidine rings is 1. The van der Waals surface area contributed by atoms with Gasteiger partial charge in [0.2, 0.25) is 0 Å². The number of rotatable bonds is 8. The third-order valence-corrected chi connectivity index (χ3v) is 5.43. The second-order valence-corrected chi connectivity index (χ2v) is 7.80. The van der Waals surface area contributed by atoms with Crippen molar-refractivity contribution in [3.63, 3.8) is 0 Å². The maximum absolute atomic E-state index is 12.9. The smallest absolute Gasteiger partial charge is 0.260 e. The van der Waals surface area contributed by atoms with Gasteiger partial charge in [0.1, 0.15) is 23.9 Å². The third-order valence-electron chi connectivity index (χ3n) is 5.43. The number of carbonyl (C=O) groups is 2. The fourth-order valence-corrected chi connectivity index (χ4v) is 3.80. The fraction of sp³-hybridized carbons (Fsp3) is 0.417. The van der Waals surface area contributed by atoms with E-state index in [9.17, 15) is 14.0 Å². The number of amides is 2. The van der Waals surface area contributed by atoms with Crippen molar-refractivity contribution < 1.29 is 23.5 Å². The van der Waals surface area contributed by atoms with Crippen LogP contribution in [-0.2, 0) is 4.79 Å². The van der Waals surface area contributed by atoms with E-state index in [2.05, 4.69) is 19.2 Å². The van der Waals surface area contributed by atoms with Gasteiger partial charge in [-0.05, 0) is 81.6 Å². The van der Waals surface area contributed by atoms with Crippen molar-refractivity contribution in [2.24, 2.45) is 0 Å². The number of nitrogens with zero attached hydrogens (tertiary/aromatic N) is 1. The molecule has 1 aliphatic heterocycles. The van der Waals surface area contributed by atoms with Crippen molar-refractivity contribution in [3.8, 4) is 11.5 Å². The van der Waals surface area contributed by atoms with Crippen LogP contribution >= 0.6 is 0 Å². The van der Waals surface area contributed by atoms with Crippen LogP contribution in [-0.4, -0.2) is 48.6 Å². The lowest BCUT2D eigenvalue weighted by Crippen LogP contribution is -2.49. The van der Waals surface area contributed by atoms with Crippen LogP contribution in [0.5, 0.6) is 11.5 Å². The van der Waals surface area contributed by atoms with Gasteiger partial charge in [0.15, 0.2) is 6.61 Å². The molecule has 0 radical (unpaired) electrons. The maximum Gasteiger partial charge on any atom is 0.260 e. The minimum absolute atomic E-state index is 0.0114. The molecule has 1 N–H and O–H groups in total. The van der Waals surface area contributed by atoms with Crippen LogP contribution in [0.15, 0.2) is 48.5 Å². The van der Waals surface area contributed by atoms with Gasteiger partial charge in [0.05, 0.1) is 6.54 Å². The van der Waals surface area contributed by atoms with Crippen molar-refractivity contribution >= 4 is 11.8 Å². The van der Waals surface area contributed by atoms with E-state index in [1.165, 1.54) is 24.3 Å². The molecule has 166 valence electrons. The van der Waals surface area contributed by atoms with Gasteiger partial charge in [0.25, 0.3) is 11.8 Å². The molecule has 7 heteroatoms. The summed E-state index contributed by atoms with van der Waals surface area (Å²) in [6.45, 7) is 4.72. The van der Waals surface area contributed by atoms with Gasteiger partial charge in [-0.25, -0.2) is 4.39 Å². The first-order valence-corrected chi connectivity index (χ1v) is 10.6. The van der Waals surface area contributed by atoms with E-state index in [1.54, 1.807) is 24.3 Å². The zero-order valence-electron chi connectivity index (χ0n) is 18.0. The van der Waals surface area contributed by atoms with E-state index < -0.39 is 0 Å². The predicted molar refractivity (Wildman–Crippen MR) is 116 cm³/mol. The van der Waals surface area contributed by atoms with E-state index in [1.807, 2.05) is 4.90 Å². The molecule has 0 bridgehead atoms. The van der Waals surface area contributed by atoms with Crippen molar-refractivity contribution in [2.75, 3.05) is 19.8 Å². The van der Waals surface area contributed by atoms with Crippen molar-refractivity contribution in [2.45, 2.75) is 45.2 Å². The summed E-state index contributed by atoms with van der Waals surface area (Å²) in [6.07, 6.45) is 3.19. The van der Waals surface area contributed by atoms with Crippen LogP contribution < -0.4 is 14.8 Å². The standard InChI is InChI=1S/C24H29FN2O4/c1-17-4-3-5-18(2)27(17)23(28)16-31-22-10-6-19(7-11-22)24(29)26-14-15-30-21-12-8-20(25)9-13-21/h6-13,17-18H,3-5,14-16H2,1-2H3,(H,26,29). The van der Waals surface area contributed by atoms with Crippen LogP contribution in [0.3, 0.4) is 0 Å². The Labute approximate surface area is 182 Å². The number of hydrogen-bond acceptors (Lipinski definition) is 4. The summed E-state index contributed by atoms with van der Waals surface area (Å²) in [4.78, 5) is 26.7. The SMILES string of the molecule is CC1CCCC(C)N1C(=O)COc1ccc(C(=O)NCCOc2ccc(F)cc2)cc1. The van der Waals surface area contributed by atoms with Crippen LogP contribution in [0.1, 0.15) is 43.5 Å². The highest BCUT2D eigenvalue weighted by molar-refractivity contribution is 5.94. The van der Waals surface area contributed by atoms with E-state index in [0.29, 0.717) is 23.6 Å². The van der Waals surface area contributed by atoms with E-state index >= 15 is 0 Å². The van der Waals surface area contributed by atoms with Crippen LogP contribution in [0.25, 0.3) is 0 Å². The summed E-state index contributed by atoms with van der Waals surface area (Å²) in [7, 11) is 0. The highest BCUT2D eigenvalue weighted by Gasteiger charge is 2.28. The van der Waals surface area contributed by atoms with Crippen molar-refractivity contribution in [1.29, 1.82) is 0 Å². The number of hydrogen-bond donors (Lipinski definition) is 1. The summed E-state index contributed by atoms with van der Waals surface area (Å²) in [5.74, 6) is 0.513. The van der Waals surface area contributed by atoms with Gasteiger partial charge >= 0.3 is 0 Å². The Morgan fingerprint density at radius 2 is 1.55 bits per heavy atom. The molecule has 1 fully saturated rings. The lowest BCUT2D eigenvalue weighted by molar-refractivity contribution is -0.139. The van der Waals surface area contributed by atoms with Gasteiger partial charge in [-0.15, -0.1) is 0 Å². The van der Waals surface area contributed by atoms with Gasteiger partial charge in [0, 0.05) is 17.6 Å². The number of benzene rings is 2. The molecule has 2 aromatic rings. The molecule has 2 atom stereocenters. The normalized spacial score (nSPS) is 18.4. The Balaban J connectivity index is 1.41. The minimum Gasteiger partial charge on any atom is -0.492 e. The summed E-state index contributed by atoms with van der Waals surface area (Å²) in [6, 6.07) is 12.8. The van der Waals surface area contributed by atoms with Crippen LogP contribution in [0, 0.1) is 5.82 Å². The number of likely N-dealkylation sites (tertiary alicyclic amines) is 1. The molecule has 1 saturated heterocycles. The molecular formula is C24H29FN2O4. The average Bonchev–Trinajstić information content (AvgIpc) is 2.76. The van der Waals surface area contributed by atoms with E-state index in [0.717, 1.165) is 19.3 Å². The summed E-state index contributed by atoms with van der Waals surface area (Å²) >= 11 is 0. The minimum atomic E-state index is -0.326. The zero-order valence-corrected chi connectivity index (χ0v) is 18.0. The Morgan fingerprint density at radius 1 is 0.968 bits per heavy atom. The van der Waals surface area contributed by atoms with E-state index in [4.69, 9.17) is 9.47 Å². The van der Waals surface area contributed by atoms with E-state index in [-0.39, 0.29) is 42.9 Å². The van der Waals surface area contributed by atoms with Gasteiger partial charge in [-0.1, -0.05) is 0 Å². The van der Waals surface area contributed by atoms with Gasteiger partial charge < -0.3 is 19.7 Å². The van der Waals surface area contributed by atoms with Crippen LogP contribution in [0.4, 0.5) is 4.39 Å². The summed E-state index contributed by atoms with van der Waals surface area (Å²) in [5.41, 5.74) is 0.485. The molecule has 0 spiro atoms. The second kappa shape index (κ2) is 10.8. The number of ether oxygens (including phenoxy) is 2. The molecule has 2 amide bonds. The van der Waals surface area contributed by atoms with Gasteiger partial charge in [-0.2, -0.15) is 0 Å². The first kappa shape index (κ1) is 22.6. The monoisotopic (exact) mass is 428 g/mol.